The van der Waals surface area contributed by atoms with E-state index in [9.17, 15) is 64.7 Å². The molecule has 1 unspecified atom stereocenters. The summed E-state index contributed by atoms with van der Waals surface area (Å²) in [4.78, 5) is 49.6. The maximum absolute atomic E-state index is 13.5. The monoisotopic (exact) mass is 925 g/mol. The zero-order valence-electron chi connectivity index (χ0n) is 37.7. The molecule has 2 aliphatic rings. The molecule has 2 fully saturated rings. The first-order chi connectivity index (χ1) is 30.0. The second-order valence-corrected chi connectivity index (χ2v) is 19.0. The number of ether oxygens (including phenoxy) is 2. The predicted octanol–water partition coefficient (Wildman–Crippen LogP) is 4.62. The molecule has 1 saturated heterocycles. The molecule has 0 aromatic heterocycles. The van der Waals surface area contributed by atoms with E-state index < -0.39 is 124 Å². The van der Waals surface area contributed by atoms with E-state index in [1.54, 1.807) is 0 Å². The quantitative estimate of drug-likeness (QED) is 0.0329. The lowest BCUT2D eigenvalue weighted by Gasteiger charge is -2.37. The van der Waals surface area contributed by atoms with Gasteiger partial charge in [0, 0.05) is 43.9 Å². The van der Waals surface area contributed by atoms with E-state index in [4.69, 9.17) is 18.5 Å². The number of aliphatic hydroxyl groups is 8. The third-order valence-corrected chi connectivity index (χ3v) is 13.1. The van der Waals surface area contributed by atoms with Gasteiger partial charge in [-0.25, -0.2) is 4.57 Å². The molecular formula is C45H81O17P. The molecule has 1 heterocycles. The minimum absolute atomic E-state index is 0.00893. The first-order valence-corrected chi connectivity index (χ1v) is 25.2. The number of hydrogen-bond donors (Lipinski definition) is 9. The molecule has 1 aliphatic heterocycles. The van der Waals surface area contributed by atoms with Crippen LogP contribution in [0.15, 0.2) is 12.2 Å². The van der Waals surface area contributed by atoms with Crippen LogP contribution in [0.2, 0.25) is 0 Å². The Morgan fingerprint density at radius 1 is 0.730 bits per heavy atom. The van der Waals surface area contributed by atoms with Gasteiger partial charge < -0.3 is 55.2 Å². The molecule has 0 amide bonds. The number of Topliss-reactive ketones (excluding diaryl/α,β-unsaturated/α-hetero) is 1. The van der Waals surface area contributed by atoms with Gasteiger partial charge in [-0.1, -0.05) is 122 Å². The van der Waals surface area contributed by atoms with Crippen molar-refractivity contribution in [3.63, 3.8) is 0 Å². The van der Waals surface area contributed by atoms with Gasteiger partial charge in [0.1, 0.15) is 36.8 Å². The Balaban J connectivity index is 2.27. The van der Waals surface area contributed by atoms with Crippen molar-refractivity contribution in [3.05, 3.63) is 12.2 Å². The van der Waals surface area contributed by atoms with Gasteiger partial charge in [-0.05, 0) is 25.7 Å². The lowest BCUT2D eigenvalue weighted by atomic mass is 9.82. The number of rotatable bonds is 21. The van der Waals surface area contributed by atoms with Crippen molar-refractivity contribution in [2.45, 2.75) is 229 Å². The highest BCUT2D eigenvalue weighted by molar-refractivity contribution is 7.47. The number of phosphoric ester groups is 1. The van der Waals surface area contributed by atoms with E-state index in [-0.39, 0.29) is 32.1 Å². The van der Waals surface area contributed by atoms with Gasteiger partial charge in [0.25, 0.3) is 0 Å². The molecule has 0 radical (unpaired) electrons. The summed E-state index contributed by atoms with van der Waals surface area (Å²) in [6, 6.07) is 0. The molecule has 2 rings (SSSR count). The van der Waals surface area contributed by atoms with Crippen molar-refractivity contribution in [1.29, 1.82) is 0 Å². The van der Waals surface area contributed by atoms with Crippen molar-refractivity contribution in [2.75, 3.05) is 13.2 Å². The number of fused-ring (bicyclic) bond motifs is 4. The molecule has 0 aromatic rings. The smallest absolute Gasteiger partial charge is 0.462 e. The van der Waals surface area contributed by atoms with E-state index in [1.807, 2.05) is 6.92 Å². The molecule has 0 aromatic carbocycles. The van der Waals surface area contributed by atoms with Crippen LogP contribution in [-0.4, -0.2) is 138 Å². The molecule has 17 nitrogen and oxygen atoms in total. The average molecular weight is 925 g/mol. The molecule has 0 spiro atoms. The van der Waals surface area contributed by atoms with Crippen LogP contribution in [0.5, 0.6) is 0 Å². The number of cyclic esters (lactones) is 1. The van der Waals surface area contributed by atoms with Gasteiger partial charge in [-0.15, -0.1) is 0 Å². The molecule has 13 atom stereocenters. The minimum Gasteiger partial charge on any atom is -0.462 e. The Hall–Kier alpha value is -1.86. The van der Waals surface area contributed by atoms with Crippen LogP contribution < -0.4 is 0 Å². The normalized spacial score (nSPS) is 33.0. The third kappa shape index (κ3) is 22.9. The van der Waals surface area contributed by atoms with Crippen LogP contribution in [0.4, 0.5) is 0 Å². The summed E-state index contributed by atoms with van der Waals surface area (Å²) in [6.07, 6.45) is -1.59. The van der Waals surface area contributed by atoms with Crippen LogP contribution >= 0.6 is 7.82 Å². The fourth-order valence-corrected chi connectivity index (χ4v) is 9.08. The number of hydrogen-bond acceptors (Lipinski definition) is 16. The second kappa shape index (κ2) is 31.9. The largest absolute Gasteiger partial charge is 0.472 e. The lowest BCUT2D eigenvalue weighted by Crippen LogP contribution is -2.56. The maximum Gasteiger partial charge on any atom is 0.472 e. The summed E-state index contributed by atoms with van der Waals surface area (Å²) in [5.74, 6) is -5.01. The standard InChI is InChI=1S/C45H81O17P/c1-3-5-7-8-9-10-11-12-13-14-15-16-18-24-39(51)61-33-29-59-38(50)23-20-19-22-32(47)27-35-37(49)28-36(48)34(26-25-31(46)21-17-6-4-2)40(52)43(55)45(44(56)42(54)41(35)53)62-63(57,58)60-30-33/h25-26,31,33-37,40-46,48-49,52-56H,3-24,27-30H2,1-2H3,(H,57,58)/t31-,33+,34-,35-,36+,37-,40+,41+,42-,43+,44+,45+/m0/s1. The number of unbranched alkanes of at least 4 members (excludes halogenated alkanes) is 14. The van der Waals surface area contributed by atoms with Gasteiger partial charge in [0.05, 0.1) is 37.1 Å². The van der Waals surface area contributed by atoms with Crippen molar-refractivity contribution >= 4 is 25.5 Å². The highest BCUT2D eigenvalue weighted by atomic mass is 31.2. The molecule has 18 heteroatoms. The number of phosphoric acid groups is 1. The van der Waals surface area contributed by atoms with E-state index in [1.165, 1.54) is 63.5 Å². The van der Waals surface area contributed by atoms with Gasteiger partial charge >= 0.3 is 19.8 Å². The molecule has 2 bridgehead atoms. The van der Waals surface area contributed by atoms with Crippen LogP contribution in [0.3, 0.4) is 0 Å². The van der Waals surface area contributed by atoms with Crippen molar-refractivity contribution in [3.8, 4) is 0 Å². The van der Waals surface area contributed by atoms with E-state index in [2.05, 4.69) is 6.92 Å². The zero-order chi connectivity index (χ0) is 46.8. The maximum atomic E-state index is 13.5. The lowest BCUT2D eigenvalue weighted by molar-refractivity contribution is -0.168. The topological polar surface area (TPSA) is 287 Å². The molecule has 1 saturated carbocycles. The van der Waals surface area contributed by atoms with E-state index in [0.29, 0.717) is 19.3 Å². The van der Waals surface area contributed by atoms with Crippen LogP contribution in [0, 0.1) is 11.8 Å². The summed E-state index contributed by atoms with van der Waals surface area (Å²) < 4.78 is 34.6. The summed E-state index contributed by atoms with van der Waals surface area (Å²) in [5, 5.41) is 90.0. The molecule has 368 valence electrons. The minimum atomic E-state index is -5.49. The predicted molar refractivity (Wildman–Crippen MR) is 233 cm³/mol. The first kappa shape index (κ1) is 57.3. The molecular weight excluding hydrogens is 843 g/mol. The fraction of sp³-hybridized carbons (Fsp3) is 0.889. The average Bonchev–Trinajstić information content (AvgIpc) is 3.24. The number of carbonyl (C=O) groups excluding carboxylic acids is 3. The van der Waals surface area contributed by atoms with Crippen LogP contribution in [-0.2, 0) is 37.5 Å². The zero-order valence-corrected chi connectivity index (χ0v) is 38.6. The number of esters is 2. The Labute approximate surface area is 374 Å². The van der Waals surface area contributed by atoms with Crippen molar-refractivity contribution in [2.24, 2.45) is 11.8 Å². The van der Waals surface area contributed by atoms with Gasteiger partial charge in [-0.3, -0.25) is 23.4 Å². The summed E-state index contributed by atoms with van der Waals surface area (Å²) >= 11 is 0. The van der Waals surface area contributed by atoms with Gasteiger partial charge in [0.2, 0.25) is 0 Å². The Kier molecular flexibility index (Phi) is 29.0. The first-order valence-electron chi connectivity index (χ1n) is 23.7. The molecule has 9 N–H and O–H groups in total. The highest BCUT2D eigenvalue weighted by Crippen LogP contribution is 2.47. The highest BCUT2D eigenvalue weighted by Gasteiger charge is 2.49. The summed E-state index contributed by atoms with van der Waals surface area (Å²) in [7, 11) is -5.49. The number of aliphatic hydroxyl groups excluding tert-OH is 8. The number of carbonyl (C=O) groups is 3. The van der Waals surface area contributed by atoms with Crippen molar-refractivity contribution < 1.29 is 83.2 Å². The fourth-order valence-electron chi connectivity index (χ4n) is 8.11. The third-order valence-electron chi connectivity index (χ3n) is 12.1. The van der Waals surface area contributed by atoms with Gasteiger partial charge in [-0.2, -0.15) is 0 Å². The van der Waals surface area contributed by atoms with E-state index in [0.717, 1.165) is 38.5 Å². The van der Waals surface area contributed by atoms with Crippen LogP contribution in [0.25, 0.3) is 0 Å². The molecule has 63 heavy (non-hydrogen) atoms. The summed E-state index contributed by atoms with van der Waals surface area (Å²) in [6.45, 7) is 2.71. The Morgan fingerprint density at radius 2 is 1.29 bits per heavy atom. The Bertz CT molecular complexity index is 1350. The second-order valence-electron chi connectivity index (χ2n) is 17.6. The van der Waals surface area contributed by atoms with Gasteiger partial charge in [0.15, 0.2) is 6.10 Å². The van der Waals surface area contributed by atoms with Crippen molar-refractivity contribution in [1.82, 2.24) is 0 Å². The van der Waals surface area contributed by atoms with E-state index >= 15 is 0 Å². The number of ketones is 1. The van der Waals surface area contributed by atoms with Crippen LogP contribution in [0.1, 0.15) is 168 Å². The SMILES string of the molecule is CCCCCCCCCCCCCCCC(=O)O[C@@H]1COC(=O)CCCCC(=O)C[C@@H]2[C@@H](O)[C@H](O)[C@@H](O)[C@H](OP(=O)(O)OC1)[C@H](O)[C@H](O)[C@@H](C=C[C@@H](O)CCCCC)[C@H](O)C[C@@H]2O. The summed E-state index contributed by atoms with van der Waals surface area (Å²) in [5.41, 5.74) is 0. The molecule has 1 aliphatic carbocycles. The Morgan fingerprint density at radius 3 is 1.90 bits per heavy atom.